The van der Waals surface area contributed by atoms with Gasteiger partial charge in [-0.15, -0.1) is 0 Å². The molecule has 0 aromatic carbocycles. The van der Waals surface area contributed by atoms with E-state index in [9.17, 15) is 0 Å². The third-order valence-corrected chi connectivity index (χ3v) is 1.73. The number of hydrogen-bond acceptors (Lipinski definition) is 2. The van der Waals surface area contributed by atoms with Gasteiger partial charge in [0.25, 0.3) is 0 Å². The highest BCUT2D eigenvalue weighted by molar-refractivity contribution is 5.01. The van der Waals surface area contributed by atoms with Gasteiger partial charge in [-0.05, 0) is 19.9 Å². The Bertz CT molecular complexity index is 99.5. The lowest BCUT2D eigenvalue weighted by molar-refractivity contribution is 0.408. The lowest BCUT2D eigenvalue weighted by Crippen LogP contribution is -2.43. The molecule has 0 amide bonds. The maximum Gasteiger partial charge on any atom is 0.0574 e. The molecule has 2 nitrogen and oxygen atoms in total. The van der Waals surface area contributed by atoms with E-state index in [1.54, 1.807) is 0 Å². The average Bonchev–Trinajstić information content (AvgIpc) is 1.90. The fourth-order valence-corrected chi connectivity index (χ4v) is 1.05. The van der Waals surface area contributed by atoms with Gasteiger partial charge in [0.2, 0.25) is 0 Å². The molecular formula is C7H14N2. The molecule has 1 atom stereocenters. The predicted molar refractivity (Wildman–Crippen MR) is 39.2 cm³/mol. The van der Waals surface area contributed by atoms with Gasteiger partial charge in [-0.25, -0.2) is 0 Å². The molecule has 2 heteroatoms. The fourth-order valence-electron chi connectivity index (χ4n) is 1.05. The van der Waals surface area contributed by atoms with Crippen molar-refractivity contribution < 1.29 is 0 Å². The summed E-state index contributed by atoms with van der Waals surface area (Å²) in [6.07, 6.45) is 2.85. The molecule has 0 aliphatic carbocycles. The van der Waals surface area contributed by atoms with Crippen molar-refractivity contribution in [2.24, 2.45) is 0 Å². The normalized spacial score (nSPS) is 28.6. The van der Waals surface area contributed by atoms with E-state index in [-0.39, 0.29) is 0 Å². The number of nitrogens with one attached hydrogen (secondary N) is 2. The summed E-state index contributed by atoms with van der Waals surface area (Å²) in [4.78, 5) is 0. The van der Waals surface area contributed by atoms with Crippen LogP contribution in [0.1, 0.15) is 12.8 Å². The first kappa shape index (κ1) is 6.78. The van der Waals surface area contributed by atoms with Gasteiger partial charge in [0.15, 0.2) is 0 Å². The second kappa shape index (κ2) is 2.99. The van der Waals surface area contributed by atoms with Gasteiger partial charge in [0.05, 0.1) is 6.17 Å². The molecule has 1 heterocycles. The zero-order chi connectivity index (χ0) is 6.69. The molecule has 1 unspecified atom stereocenters. The van der Waals surface area contributed by atoms with Gasteiger partial charge in [-0.3, -0.25) is 5.32 Å². The van der Waals surface area contributed by atoms with Crippen molar-refractivity contribution in [3.8, 4) is 0 Å². The average molecular weight is 126 g/mol. The highest BCUT2D eigenvalue weighted by atomic mass is 15.1. The first-order valence-electron chi connectivity index (χ1n) is 3.40. The van der Waals surface area contributed by atoms with Gasteiger partial charge < -0.3 is 5.32 Å². The van der Waals surface area contributed by atoms with Crippen LogP contribution in [0.4, 0.5) is 0 Å². The van der Waals surface area contributed by atoms with Crippen molar-refractivity contribution in [3.05, 3.63) is 12.2 Å². The van der Waals surface area contributed by atoms with E-state index in [1.165, 1.54) is 18.4 Å². The molecule has 1 fully saturated rings. The minimum absolute atomic E-state index is 0.510. The van der Waals surface area contributed by atoms with E-state index in [0.717, 1.165) is 6.54 Å². The molecule has 9 heavy (non-hydrogen) atoms. The maximum atomic E-state index is 3.89. The van der Waals surface area contributed by atoms with E-state index in [4.69, 9.17) is 0 Å². The highest BCUT2D eigenvalue weighted by Crippen LogP contribution is 2.08. The van der Waals surface area contributed by atoms with Gasteiger partial charge in [-0.2, -0.15) is 0 Å². The van der Waals surface area contributed by atoms with E-state index >= 15 is 0 Å². The van der Waals surface area contributed by atoms with Crippen LogP contribution in [-0.4, -0.2) is 19.8 Å². The molecular weight excluding hydrogens is 112 g/mol. The van der Waals surface area contributed by atoms with Crippen LogP contribution in [0.15, 0.2) is 12.2 Å². The summed E-state index contributed by atoms with van der Waals surface area (Å²) >= 11 is 0. The second-order valence-corrected chi connectivity index (χ2v) is 2.51. The van der Waals surface area contributed by atoms with Crippen LogP contribution in [-0.2, 0) is 0 Å². The van der Waals surface area contributed by atoms with Crippen molar-refractivity contribution >= 4 is 0 Å². The molecule has 0 spiro atoms. The zero-order valence-electron chi connectivity index (χ0n) is 5.91. The van der Waals surface area contributed by atoms with E-state index in [2.05, 4.69) is 17.2 Å². The summed E-state index contributed by atoms with van der Waals surface area (Å²) in [6, 6.07) is 0. The van der Waals surface area contributed by atoms with Crippen LogP contribution >= 0.6 is 0 Å². The molecule has 1 saturated heterocycles. The molecule has 2 N–H and O–H groups in total. The Kier molecular flexibility index (Phi) is 2.25. The molecule has 1 aliphatic rings. The van der Waals surface area contributed by atoms with Crippen molar-refractivity contribution in [1.29, 1.82) is 0 Å². The summed E-state index contributed by atoms with van der Waals surface area (Å²) in [7, 11) is 1.98. The summed E-state index contributed by atoms with van der Waals surface area (Å²) in [5.74, 6) is 0. The standard InChI is InChI=1S/C7H14N2/c1-6-3-4-7(8-2)9-5-6/h7-9H,1,3-5H2,2H3. The van der Waals surface area contributed by atoms with Crippen LogP contribution in [0.3, 0.4) is 0 Å². The number of hydrogen-bond donors (Lipinski definition) is 2. The SMILES string of the molecule is C=C1CCC(NC)NC1. The molecule has 52 valence electrons. The van der Waals surface area contributed by atoms with E-state index in [1.807, 2.05) is 7.05 Å². The van der Waals surface area contributed by atoms with Crippen LogP contribution in [0.25, 0.3) is 0 Å². The summed E-state index contributed by atoms with van der Waals surface area (Å²) in [5.41, 5.74) is 1.32. The second-order valence-electron chi connectivity index (χ2n) is 2.51. The Balaban J connectivity index is 2.26. The quantitative estimate of drug-likeness (QED) is 0.499. The molecule has 0 saturated carbocycles. The summed E-state index contributed by atoms with van der Waals surface area (Å²) in [5, 5.41) is 6.48. The highest BCUT2D eigenvalue weighted by Gasteiger charge is 2.10. The Morgan fingerprint density at radius 3 is 3.00 bits per heavy atom. The minimum Gasteiger partial charge on any atom is -0.305 e. The molecule has 0 radical (unpaired) electrons. The van der Waals surface area contributed by atoms with Crippen LogP contribution in [0, 0.1) is 0 Å². The van der Waals surface area contributed by atoms with Crippen LogP contribution < -0.4 is 10.6 Å². The van der Waals surface area contributed by atoms with Crippen LogP contribution in [0.2, 0.25) is 0 Å². The van der Waals surface area contributed by atoms with E-state index in [0.29, 0.717) is 6.17 Å². The molecule has 1 aliphatic heterocycles. The Morgan fingerprint density at radius 2 is 2.56 bits per heavy atom. The van der Waals surface area contributed by atoms with Gasteiger partial charge in [0, 0.05) is 6.54 Å². The van der Waals surface area contributed by atoms with Gasteiger partial charge >= 0.3 is 0 Å². The largest absolute Gasteiger partial charge is 0.305 e. The third-order valence-electron chi connectivity index (χ3n) is 1.73. The summed E-state index contributed by atoms with van der Waals surface area (Å²) in [6.45, 7) is 4.87. The molecule has 0 aromatic rings. The van der Waals surface area contributed by atoms with Crippen molar-refractivity contribution in [2.45, 2.75) is 19.0 Å². The zero-order valence-corrected chi connectivity index (χ0v) is 5.91. The minimum atomic E-state index is 0.510. The first-order valence-corrected chi connectivity index (χ1v) is 3.40. The van der Waals surface area contributed by atoms with E-state index < -0.39 is 0 Å². The lowest BCUT2D eigenvalue weighted by Gasteiger charge is -2.24. The smallest absolute Gasteiger partial charge is 0.0574 e. The van der Waals surface area contributed by atoms with Gasteiger partial charge in [0.1, 0.15) is 0 Å². The third kappa shape index (κ3) is 1.80. The predicted octanol–water partition coefficient (Wildman–Crippen LogP) is 0.471. The Labute approximate surface area is 56.3 Å². The molecule has 0 bridgehead atoms. The number of piperidine rings is 1. The topological polar surface area (TPSA) is 24.1 Å². The van der Waals surface area contributed by atoms with Crippen molar-refractivity contribution in [3.63, 3.8) is 0 Å². The fraction of sp³-hybridized carbons (Fsp3) is 0.714. The molecule has 0 aromatic heterocycles. The van der Waals surface area contributed by atoms with Crippen molar-refractivity contribution in [1.82, 2.24) is 10.6 Å². The molecule has 1 rings (SSSR count). The maximum absolute atomic E-state index is 3.89. The number of rotatable bonds is 1. The first-order chi connectivity index (χ1) is 4.33. The van der Waals surface area contributed by atoms with Crippen LogP contribution in [0.5, 0.6) is 0 Å². The Hall–Kier alpha value is -0.340. The Morgan fingerprint density at radius 1 is 1.78 bits per heavy atom. The lowest BCUT2D eigenvalue weighted by atomic mass is 10.1. The summed E-state index contributed by atoms with van der Waals surface area (Å²) < 4.78 is 0. The van der Waals surface area contributed by atoms with Crippen molar-refractivity contribution in [2.75, 3.05) is 13.6 Å². The monoisotopic (exact) mass is 126 g/mol. The van der Waals surface area contributed by atoms with Gasteiger partial charge in [-0.1, -0.05) is 12.2 Å².